The van der Waals surface area contributed by atoms with Gasteiger partial charge in [-0.2, -0.15) is 0 Å². The molecule has 8 aromatic carbocycles. The van der Waals surface area contributed by atoms with Crippen molar-refractivity contribution in [3.63, 3.8) is 0 Å². The van der Waals surface area contributed by atoms with Crippen molar-refractivity contribution in [2.75, 3.05) is 0 Å². The lowest BCUT2D eigenvalue weighted by molar-refractivity contribution is 1.13. The Bertz CT molecular complexity index is 2890. The molecule has 0 saturated carbocycles. The molecule has 0 unspecified atom stereocenters. The predicted molar refractivity (Wildman–Crippen MR) is 196 cm³/mol. The van der Waals surface area contributed by atoms with Gasteiger partial charge in [0.05, 0.1) is 11.0 Å². The molecule has 3 nitrogen and oxygen atoms in total. The van der Waals surface area contributed by atoms with E-state index in [1.807, 2.05) is 52.9 Å². The Morgan fingerprint density at radius 3 is 1.68 bits per heavy atom. The van der Waals surface area contributed by atoms with Gasteiger partial charge in [-0.3, -0.25) is 9.20 Å². The summed E-state index contributed by atoms with van der Waals surface area (Å²) in [6.45, 7) is 0. The highest BCUT2D eigenvalue weighted by Gasteiger charge is 2.21. The van der Waals surface area contributed by atoms with Crippen LogP contribution in [0, 0.1) is 0 Å². The SMILES string of the molecule is O=c1c2ccccc2c2c(-c3cccc(-c4ccc5c6ccccc6c6ccccc6c5c4)c3)ccc3nc(-c4ccccc4)n1c32. The number of rotatable bonds is 3. The molecule has 10 rings (SSSR count). The van der Waals surface area contributed by atoms with Gasteiger partial charge < -0.3 is 0 Å². The number of nitrogens with zero attached hydrogens (tertiary/aromatic N) is 2. The fourth-order valence-electron chi connectivity index (χ4n) is 7.62. The lowest BCUT2D eigenvalue weighted by Crippen LogP contribution is -2.14. The minimum Gasteiger partial charge on any atom is -0.268 e. The van der Waals surface area contributed by atoms with Crippen LogP contribution in [-0.4, -0.2) is 9.38 Å². The number of benzene rings is 8. The summed E-state index contributed by atoms with van der Waals surface area (Å²) in [7, 11) is 0. The van der Waals surface area contributed by atoms with Crippen molar-refractivity contribution in [2.24, 2.45) is 0 Å². The van der Waals surface area contributed by atoms with Crippen LogP contribution >= 0.6 is 0 Å². The molecule has 0 bridgehead atoms. The van der Waals surface area contributed by atoms with Crippen molar-refractivity contribution < 1.29 is 0 Å². The number of hydrogen-bond acceptors (Lipinski definition) is 2. The Hall–Kier alpha value is -6.32. The van der Waals surface area contributed by atoms with E-state index in [1.165, 1.54) is 37.9 Å². The maximum atomic E-state index is 14.0. The zero-order valence-electron chi connectivity index (χ0n) is 25.3. The summed E-state index contributed by atoms with van der Waals surface area (Å²) in [5.74, 6) is 0.670. The van der Waals surface area contributed by atoms with Crippen LogP contribution in [0.3, 0.4) is 0 Å². The van der Waals surface area contributed by atoms with E-state index in [0.717, 1.165) is 44.1 Å². The van der Waals surface area contributed by atoms with Gasteiger partial charge in [-0.1, -0.05) is 133 Å². The molecule has 0 N–H and O–H groups in total. The molecule has 0 radical (unpaired) electrons. The molecule has 0 aliphatic carbocycles. The minimum atomic E-state index is -0.0451. The molecule has 0 aliphatic heterocycles. The molecule has 10 aromatic rings. The second kappa shape index (κ2) is 9.84. The van der Waals surface area contributed by atoms with Gasteiger partial charge in [0, 0.05) is 16.3 Å². The maximum absolute atomic E-state index is 14.0. The number of hydrogen-bond donors (Lipinski definition) is 0. The van der Waals surface area contributed by atoms with Crippen molar-refractivity contribution in [1.29, 1.82) is 0 Å². The highest BCUT2D eigenvalue weighted by atomic mass is 16.1. The molecule has 0 atom stereocenters. The van der Waals surface area contributed by atoms with Gasteiger partial charge in [0.15, 0.2) is 0 Å². The summed E-state index contributed by atoms with van der Waals surface area (Å²) in [5, 5.41) is 10.3. The molecule has 0 spiro atoms. The fraction of sp³-hybridized carbons (Fsp3) is 0. The molecule has 2 heterocycles. The van der Waals surface area contributed by atoms with E-state index in [9.17, 15) is 4.79 Å². The molecule has 0 fully saturated rings. The summed E-state index contributed by atoms with van der Waals surface area (Å²) in [6.07, 6.45) is 0. The zero-order chi connectivity index (χ0) is 31.1. The first-order valence-corrected chi connectivity index (χ1v) is 15.9. The lowest BCUT2D eigenvalue weighted by Gasteiger charge is -2.14. The van der Waals surface area contributed by atoms with E-state index in [4.69, 9.17) is 4.98 Å². The Morgan fingerprint density at radius 1 is 0.404 bits per heavy atom. The third-order valence-electron chi connectivity index (χ3n) is 9.73. The van der Waals surface area contributed by atoms with Gasteiger partial charge in [-0.05, 0) is 84.2 Å². The summed E-state index contributed by atoms with van der Waals surface area (Å²) >= 11 is 0. The van der Waals surface area contributed by atoms with Crippen LogP contribution in [0.4, 0.5) is 0 Å². The second-order valence-electron chi connectivity index (χ2n) is 12.3. The maximum Gasteiger partial charge on any atom is 0.264 e. The van der Waals surface area contributed by atoms with Crippen LogP contribution in [0.1, 0.15) is 0 Å². The predicted octanol–water partition coefficient (Wildman–Crippen LogP) is 10.9. The lowest BCUT2D eigenvalue weighted by atomic mass is 9.91. The minimum absolute atomic E-state index is 0.0451. The quantitative estimate of drug-likeness (QED) is 0.190. The normalized spacial score (nSPS) is 11.9. The Balaban J connectivity index is 1.22. The van der Waals surface area contributed by atoms with Crippen molar-refractivity contribution in [3.05, 3.63) is 168 Å². The molecule has 0 saturated heterocycles. The van der Waals surface area contributed by atoms with Crippen molar-refractivity contribution in [1.82, 2.24) is 9.38 Å². The highest BCUT2D eigenvalue weighted by Crippen LogP contribution is 2.40. The molecule has 3 heteroatoms. The third-order valence-corrected chi connectivity index (χ3v) is 9.73. The zero-order valence-corrected chi connectivity index (χ0v) is 25.3. The van der Waals surface area contributed by atoms with Crippen molar-refractivity contribution >= 4 is 59.5 Å². The summed E-state index contributed by atoms with van der Waals surface area (Å²) in [5.41, 5.74) is 7.04. The highest BCUT2D eigenvalue weighted by molar-refractivity contribution is 6.26. The van der Waals surface area contributed by atoms with E-state index in [0.29, 0.717) is 11.2 Å². The number of aromatic nitrogens is 2. The largest absolute Gasteiger partial charge is 0.268 e. The molecular formula is C44H26N2O. The molecule has 218 valence electrons. The molecule has 2 aromatic heterocycles. The first-order chi connectivity index (χ1) is 23.2. The first kappa shape index (κ1) is 26.0. The Morgan fingerprint density at radius 2 is 0.957 bits per heavy atom. The smallest absolute Gasteiger partial charge is 0.264 e. The van der Waals surface area contributed by atoms with Crippen LogP contribution in [0.5, 0.6) is 0 Å². The topological polar surface area (TPSA) is 34.4 Å². The van der Waals surface area contributed by atoms with Gasteiger partial charge >= 0.3 is 0 Å². The molecule has 0 amide bonds. The van der Waals surface area contributed by atoms with Gasteiger partial charge in [0.2, 0.25) is 0 Å². The fourth-order valence-corrected chi connectivity index (χ4v) is 7.62. The average molecular weight is 599 g/mol. The van der Waals surface area contributed by atoms with Gasteiger partial charge in [-0.15, -0.1) is 0 Å². The first-order valence-electron chi connectivity index (χ1n) is 15.9. The van der Waals surface area contributed by atoms with Gasteiger partial charge in [0.25, 0.3) is 5.56 Å². The van der Waals surface area contributed by atoms with E-state index in [1.54, 1.807) is 0 Å². The number of imidazole rings is 1. The Labute approximate surface area is 269 Å². The van der Waals surface area contributed by atoms with E-state index in [-0.39, 0.29) is 5.56 Å². The average Bonchev–Trinajstić information content (AvgIpc) is 3.54. The number of pyridine rings is 1. The summed E-state index contributed by atoms with van der Waals surface area (Å²) in [4.78, 5) is 19.0. The summed E-state index contributed by atoms with van der Waals surface area (Å²) in [6, 6.07) is 55.2. The van der Waals surface area contributed by atoms with Crippen LogP contribution in [0.15, 0.2) is 163 Å². The van der Waals surface area contributed by atoms with Crippen LogP contribution < -0.4 is 5.56 Å². The van der Waals surface area contributed by atoms with Gasteiger partial charge in [0.1, 0.15) is 5.82 Å². The molecule has 0 aliphatic rings. The number of fused-ring (bicyclic) bond motifs is 8. The van der Waals surface area contributed by atoms with Crippen LogP contribution in [-0.2, 0) is 0 Å². The standard InChI is InChI=1S/C44H26N2O/c47-44-38-20-9-8-19-37(38)41-31(23-24-40-42(41)46(44)43(45-40)27-11-2-1-3-12-27)30-14-10-13-28(25-30)29-21-22-36-34-17-5-4-15-32(34)33-16-6-7-18-35(33)39(36)26-29/h1-26H. The third kappa shape index (κ3) is 3.74. The van der Waals surface area contributed by atoms with E-state index in [2.05, 4.69) is 109 Å². The van der Waals surface area contributed by atoms with Crippen LogP contribution in [0.2, 0.25) is 0 Å². The van der Waals surface area contributed by atoms with E-state index >= 15 is 0 Å². The second-order valence-corrected chi connectivity index (χ2v) is 12.3. The van der Waals surface area contributed by atoms with Gasteiger partial charge in [-0.25, -0.2) is 4.98 Å². The van der Waals surface area contributed by atoms with Crippen molar-refractivity contribution in [2.45, 2.75) is 0 Å². The van der Waals surface area contributed by atoms with Crippen molar-refractivity contribution in [3.8, 4) is 33.6 Å². The summed E-state index contributed by atoms with van der Waals surface area (Å²) < 4.78 is 1.81. The monoisotopic (exact) mass is 598 g/mol. The Kier molecular flexibility index (Phi) is 5.43. The molecule has 47 heavy (non-hydrogen) atoms. The molecular weight excluding hydrogens is 572 g/mol. The van der Waals surface area contributed by atoms with Crippen LogP contribution in [0.25, 0.3) is 93.2 Å². The van der Waals surface area contributed by atoms with E-state index < -0.39 is 0 Å².